The molecule has 1 saturated heterocycles. The standard InChI is InChI=1S/C12H16N4O3/c17-11(15-7-2-1-3-8-15)9-14-12-10(16(18)19)5-4-6-13-12/h4-6H,1-3,7-9H2,(H,13,14). The first-order chi connectivity index (χ1) is 9.18. The van der Waals surface area contributed by atoms with Gasteiger partial charge in [0.25, 0.3) is 0 Å². The highest BCUT2D eigenvalue weighted by Crippen LogP contribution is 2.20. The summed E-state index contributed by atoms with van der Waals surface area (Å²) in [5, 5.41) is 13.5. The molecule has 2 heterocycles. The van der Waals surface area contributed by atoms with E-state index in [0.29, 0.717) is 0 Å². The van der Waals surface area contributed by atoms with E-state index in [1.54, 1.807) is 4.90 Å². The second-order valence-electron chi connectivity index (χ2n) is 4.42. The largest absolute Gasteiger partial charge is 0.355 e. The highest BCUT2D eigenvalue weighted by atomic mass is 16.6. The van der Waals surface area contributed by atoms with E-state index < -0.39 is 4.92 Å². The minimum atomic E-state index is -0.513. The molecular formula is C12H16N4O3. The highest BCUT2D eigenvalue weighted by molar-refractivity contribution is 5.81. The van der Waals surface area contributed by atoms with Crippen molar-refractivity contribution in [2.45, 2.75) is 19.3 Å². The lowest BCUT2D eigenvalue weighted by molar-refractivity contribution is -0.384. The minimum Gasteiger partial charge on any atom is -0.355 e. The minimum absolute atomic E-state index is 0.0395. The molecule has 0 spiro atoms. The Morgan fingerprint density at radius 3 is 2.84 bits per heavy atom. The summed E-state index contributed by atoms with van der Waals surface area (Å²) in [5.41, 5.74) is -0.117. The lowest BCUT2D eigenvalue weighted by atomic mass is 10.1. The van der Waals surface area contributed by atoms with Crippen molar-refractivity contribution in [2.24, 2.45) is 0 Å². The molecular weight excluding hydrogens is 248 g/mol. The fourth-order valence-corrected chi connectivity index (χ4v) is 2.09. The summed E-state index contributed by atoms with van der Waals surface area (Å²) in [6.45, 7) is 1.58. The molecule has 0 unspecified atom stereocenters. The molecule has 0 bridgehead atoms. The van der Waals surface area contributed by atoms with Crippen LogP contribution in [0.2, 0.25) is 0 Å². The molecule has 0 radical (unpaired) electrons. The van der Waals surface area contributed by atoms with Crippen molar-refractivity contribution in [1.29, 1.82) is 0 Å². The molecule has 7 nitrogen and oxygen atoms in total. The average molecular weight is 264 g/mol. The number of carbonyl (C=O) groups is 1. The Labute approximate surface area is 110 Å². The summed E-state index contributed by atoms with van der Waals surface area (Å²) in [6, 6.07) is 2.86. The SMILES string of the molecule is O=C(CNc1ncccc1[N+](=O)[O-])N1CCCCC1. The average Bonchev–Trinajstić information content (AvgIpc) is 2.46. The third kappa shape index (κ3) is 3.40. The second kappa shape index (κ2) is 6.12. The molecule has 1 aliphatic heterocycles. The Balaban J connectivity index is 1.94. The number of nitrogens with one attached hydrogen (secondary N) is 1. The van der Waals surface area contributed by atoms with Crippen LogP contribution in [0.1, 0.15) is 19.3 Å². The highest BCUT2D eigenvalue weighted by Gasteiger charge is 2.18. The molecule has 1 fully saturated rings. The summed E-state index contributed by atoms with van der Waals surface area (Å²) in [7, 11) is 0. The number of likely N-dealkylation sites (tertiary alicyclic amines) is 1. The molecule has 1 aliphatic rings. The zero-order valence-corrected chi connectivity index (χ0v) is 10.5. The molecule has 7 heteroatoms. The van der Waals surface area contributed by atoms with Crippen molar-refractivity contribution in [1.82, 2.24) is 9.88 Å². The number of anilines is 1. The second-order valence-corrected chi connectivity index (χ2v) is 4.42. The number of rotatable bonds is 4. The van der Waals surface area contributed by atoms with E-state index in [4.69, 9.17) is 0 Å². The van der Waals surface area contributed by atoms with E-state index in [9.17, 15) is 14.9 Å². The van der Waals surface area contributed by atoms with Gasteiger partial charge in [0.2, 0.25) is 11.7 Å². The van der Waals surface area contributed by atoms with Crippen LogP contribution in [0.4, 0.5) is 11.5 Å². The molecule has 1 amide bonds. The Morgan fingerprint density at radius 1 is 1.42 bits per heavy atom. The van der Waals surface area contributed by atoms with E-state index in [0.717, 1.165) is 32.4 Å². The molecule has 0 aromatic carbocycles. The van der Waals surface area contributed by atoms with Crippen LogP contribution >= 0.6 is 0 Å². The van der Waals surface area contributed by atoms with Gasteiger partial charge in [-0.3, -0.25) is 14.9 Å². The van der Waals surface area contributed by atoms with Crippen LogP contribution in [0.15, 0.2) is 18.3 Å². The fourth-order valence-electron chi connectivity index (χ4n) is 2.09. The van der Waals surface area contributed by atoms with Gasteiger partial charge in [-0.05, 0) is 25.3 Å². The number of amides is 1. The van der Waals surface area contributed by atoms with Crippen LogP contribution in [0, 0.1) is 10.1 Å². The quantitative estimate of drug-likeness (QED) is 0.656. The maximum Gasteiger partial charge on any atom is 0.311 e. The summed E-state index contributed by atoms with van der Waals surface area (Å²) < 4.78 is 0. The predicted molar refractivity (Wildman–Crippen MR) is 69.8 cm³/mol. The third-order valence-corrected chi connectivity index (χ3v) is 3.10. The van der Waals surface area contributed by atoms with Gasteiger partial charge in [-0.2, -0.15) is 0 Å². The van der Waals surface area contributed by atoms with Gasteiger partial charge in [-0.15, -0.1) is 0 Å². The van der Waals surface area contributed by atoms with Gasteiger partial charge in [0, 0.05) is 25.4 Å². The number of hydrogen-bond acceptors (Lipinski definition) is 5. The monoisotopic (exact) mass is 264 g/mol. The number of aromatic nitrogens is 1. The normalized spacial score (nSPS) is 15.1. The van der Waals surface area contributed by atoms with Gasteiger partial charge in [-0.25, -0.2) is 4.98 Å². The van der Waals surface area contributed by atoms with Crippen molar-refractivity contribution >= 4 is 17.4 Å². The summed E-state index contributed by atoms with van der Waals surface area (Å²) in [4.78, 5) is 27.9. The van der Waals surface area contributed by atoms with Crippen molar-refractivity contribution in [3.63, 3.8) is 0 Å². The summed E-state index contributed by atoms with van der Waals surface area (Å²) in [6.07, 6.45) is 4.66. The van der Waals surface area contributed by atoms with Crippen LogP contribution in [0.3, 0.4) is 0 Å². The molecule has 0 atom stereocenters. The molecule has 0 aliphatic carbocycles. The number of pyridine rings is 1. The number of nitrogens with zero attached hydrogens (tertiary/aromatic N) is 3. The van der Waals surface area contributed by atoms with Gasteiger partial charge in [0.15, 0.2) is 0 Å². The molecule has 1 aromatic rings. The van der Waals surface area contributed by atoms with Crippen molar-refractivity contribution in [3.8, 4) is 0 Å². The van der Waals surface area contributed by atoms with E-state index in [-0.39, 0.29) is 24.0 Å². The summed E-state index contributed by atoms with van der Waals surface area (Å²) in [5.74, 6) is 0.0949. The van der Waals surface area contributed by atoms with Crippen LogP contribution in [-0.2, 0) is 4.79 Å². The topological polar surface area (TPSA) is 88.4 Å². The smallest absolute Gasteiger partial charge is 0.311 e. The van der Waals surface area contributed by atoms with Crippen LogP contribution in [0.5, 0.6) is 0 Å². The van der Waals surface area contributed by atoms with Crippen molar-refractivity contribution < 1.29 is 9.72 Å². The number of piperidine rings is 1. The number of carbonyl (C=O) groups excluding carboxylic acids is 1. The molecule has 1 N–H and O–H groups in total. The zero-order valence-electron chi connectivity index (χ0n) is 10.5. The lowest BCUT2D eigenvalue weighted by Crippen LogP contribution is -2.39. The van der Waals surface area contributed by atoms with E-state index in [2.05, 4.69) is 10.3 Å². The van der Waals surface area contributed by atoms with Crippen LogP contribution in [-0.4, -0.2) is 40.3 Å². The maximum absolute atomic E-state index is 11.9. The first kappa shape index (κ1) is 13.3. The first-order valence-corrected chi connectivity index (χ1v) is 6.29. The van der Waals surface area contributed by atoms with Crippen LogP contribution < -0.4 is 5.32 Å². The summed E-state index contributed by atoms with van der Waals surface area (Å²) >= 11 is 0. The number of nitro groups is 1. The molecule has 1 aromatic heterocycles. The molecule has 19 heavy (non-hydrogen) atoms. The predicted octanol–water partition coefficient (Wildman–Crippen LogP) is 1.41. The maximum atomic E-state index is 11.9. The van der Waals surface area contributed by atoms with Gasteiger partial charge >= 0.3 is 5.69 Å². The fraction of sp³-hybridized carbons (Fsp3) is 0.500. The first-order valence-electron chi connectivity index (χ1n) is 6.29. The Hall–Kier alpha value is -2.18. The van der Waals surface area contributed by atoms with E-state index in [1.165, 1.54) is 18.3 Å². The van der Waals surface area contributed by atoms with Crippen molar-refractivity contribution in [2.75, 3.05) is 25.0 Å². The molecule has 102 valence electrons. The van der Waals surface area contributed by atoms with E-state index in [1.807, 2.05) is 0 Å². The van der Waals surface area contributed by atoms with Gasteiger partial charge in [-0.1, -0.05) is 0 Å². The Kier molecular flexibility index (Phi) is 4.27. The lowest BCUT2D eigenvalue weighted by Gasteiger charge is -2.26. The molecule has 0 saturated carbocycles. The van der Waals surface area contributed by atoms with E-state index >= 15 is 0 Å². The zero-order chi connectivity index (χ0) is 13.7. The van der Waals surface area contributed by atoms with Gasteiger partial charge < -0.3 is 10.2 Å². The molecule has 2 rings (SSSR count). The third-order valence-electron chi connectivity index (χ3n) is 3.10. The van der Waals surface area contributed by atoms with Gasteiger partial charge in [0.1, 0.15) is 0 Å². The van der Waals surface area contributed by atoms with Gasteiger partial charge in [0.05, 0.1) is 11.5 Å². The van der Waals surface area contributed by atoms with Crippen LogP contribution in [0.25, 0.3) is 0 Å². The Bertz CT molecular complexity index is 472. The number of hydrogen-bond donors (Lipinski definition) is 1. The van der Waals surface area contributed by atoms with Crippen molar-refractivity contribution in [3.05, 3.63) is 28.4 Å². The Morgan fingerprint density at radius 2 is 2.16 bits per heavy atom.